The van der Waals surface area contributed by atoms with Crippen LogP contribution in [0.5, 0.6) is 0 Å². The lowest BCUT2D eigenvalue weighted by atomic mass is 10.0. The lowest BCUT2D eigenvalue weighted by Gasteiger charge is -2.21. The fraction of sp³-hybridized carbons (Fsp3) is 0.951. The number of carbonyl (C=O) groups excluding carboxylic acids is 4. The molecule has 0 radical (unpaired) electrons. The van der Waals surface area contributed by atoms with Gasteiger partial charge in [0.25, 0.3) is 0 Å². The second-order valence-corrected chi connectivity index (χ2v) is 33.8. The molecule has 0 saturated heterocycles. The summed E-state index contributed by atoms with van der Waals surface area (Å²) in [6, 6.07) is 0. The van der Waals surface area contributed by atoms with Gasteiger partial charge in [-0.15, -0.1) is 0 Å². The number of unbranched alkanes of at least 4 members (excludes halogenated alkanes) is 48. The minimum atomic E-state index is -4.96. The molecule has 0 aromatic heterocycles. The maximum absolute atomic E-state index is 13.1. The van der Waals surface area contributed by atoms with Crippen molar-refractivity contribution in [3.63, 3.8) is 0 Å². The first-order valence-electron chi connectivity index (χ1n) is 42.3. The molecule has 0 aromatic carbocycles. The molecule has 0 amide bonds. The summed E-state index contributed by atoms with van der Waals surface area (Å²) in [4.78, 5) is 73.0. The molecule has 101 heavy (non-hydrogen) atoms. The van der Waals surface area contributed by atoms with E-state index in [1.165, 1.54) is 231 Å². The van der Waals surface area contributed by atoms with Crippen LogP contribution >= 0.6 is 15.6 Å². The maximum Gasteiger partial charge on any atom is 0.472 e. The Labute approximate surface area is 619 Å². The Hall–Kier alpha value is -1.94. The van der Waals surface area contributed by atoms with Gasteiger partial charge in [-0.1, -0.05) is 376 Å². The SMILES string of the molecule is CCCCCCCCCCC(=O)OC[C@H](COP(=O)(O)OC[C@H](O)COP(=O)(O)OC[C@@H](COC(=O)CCCCCCCCCCCCCCCCCC(C)C)OC(=O)CCCCCCCCCCCCCCCCCCC(C)C)OC(=O)CCCCCCCCCCCCCCCC(C)C. The molecule has 5 atom stereocenters. The number of esters is 4. The summed E-state index contributed by atoms with van der Waals surface area (Å²) >= 11 is 0. The third-order valence-corrected chi connectivity index (χ3v) is 21.0. The summed E-state index contributed by atoms with van der Waals surface area (Å²) in [6.45, 7) is 12.0. The highest BCUT2D eigenvalue weighted by Gasteiger charge is 2.30. The second-order valence-electron chi connectivity index (χ2n) is 30.9. The van der Waals surface area contributed by atoms with Crippen molar-refractivity contribution in [1.82, 2.24) is 0 Å². The van der Waals surface area contributed by atoms with E-state index in [4.69, 9.17) is 37.0 Å². The number of carbonyl (C=O) groups is 4. The topological polar surface area (TPSA) is 237 Å². The number of phosphoric ester groups is 2. The van der Waals surface area contributed by atoms with Gasteiger partial charge < -0.3 is 33.8 Å². The summed E-state index contributed by atoms with van der Waals surface area (Å²) in [7, 11) is -9.92. The number of rotatable bonds is 80. The summed E-state index contributed by atoms with van der Waals surface area (Å²) in [5.74, 6) is 0.291. The van der Waals surface area contributed by atoms with E-state index < -0.39 is 97.5 Å². The van der Waals surface area contributed by atoms with Crippen molar-refractivity contribution in [1.29, 1.82) is 0 Å². The van der Waals surface area contributed by atoms with Gasteiger partial charge in [-0.05, 0) is 43.4 Å². The second kappa shape index (κ2) is 72.3. The monoisotopic (exact) mass is 1480 g/mol. The summed E-state index contributed by atoms with van der Waals surface area (Å²) < 4.78 is 68.7. The Balaban J connectivity index is 5.20. The van der Waals surface area contributed by atoms with Gasteiger partial charge in [0.15, 0.2) is 12.2 Å². The zero-order chi connectivity index (χ0) is 74.4. The van der Waals surface area contributed by atoms with Crippen LogP contribution in [0.15, 0.2) is 0 Å². The Bertz CT molecular complexity index is 1960. The van der Waals surface area contributed by atoms with Gasteiger partial charge in [0, 0.05) is 25.7 Å². The highest BCUT2D eigenvalue weighted by atomic mass is 31.2. The van der Waals surface area contributed by atoms with Gasteiger partial charge in [-0.3, -0.25) is 37.3 Å². The van der Waals surface area contributed by atoms with Gasteiger partial charge in [-0.25, -0.2) is 9.13 Å². The first-order valence-corrected chi connectivity index (χ1v) is 45.3. The van der Waals surface area contributed by atoms with E-state index in [9.17, 15) is 43.2 Å². The van der Waals surface area contributed by atoms with Crippen LogP contribution in [0.25, 0.3) is 0 Å². The smallest absolute Gasteiger partial charge is 0.462 e. The molecule has 0 bridgehead atoms. The normalized spacial score (nSPS) is 14.0. The molecule has 2 unspecified atom stereocenters. The highest BCUT2D eigenvalue weighted by molar-refractivity contribution is 7.47. The molecule has 0 aliphatic carbocycles. The molecule has 0 fully saturated rings. The number of aliphatic hydroxyl groups is 1. The minimum absolute atomic E-state index is 0.107. The highest BCUT2D eigenvalue weighted by Crippen LogP contribution is 2.45. The van der Waals surface area contributed by atoms with Crippen LogP contribution < -0.4 is 0 Å². The van der Waals surface area contributed by atoms with Crippen LogP contribution in [-0.4, -0.2) is 96.7 Å². The van der Waals surface area contributed by atoms with E-state index in [1.807, 2.05) is 0 Å². The summed E-state index contributed by atoms with van der Waals surface area (Å²) in [5, 5.41) is 10.6. The average molecular weight is 1480 g/mol. The fourth-order valence-electron chi connectivity index (χ4n) is 12.7. The third kappa shape index (κ3) is 76.1. The Kier molecular flexibility index (Phi) is 70.9. The number of phosphoric acid groups is 2. The Morgan fingerprint density at radius 2 is 0.455 bits per heavy atom. The van der Waals surface area contributed by atoms with Gasteiger partial charge >= 0.3 is 39.5 Å². The van der Waals surface area contributed by atoms with E-state index in [0.717, 1.165) is 114 Å². The fourth-order valence-corrected chi connectivity index (χ4v) is 14.2. The molecule has 600 valence electrons. The summed E-state index contributed by atoms with van der Waals surface area (Å²) in [5.41, 5.74) is 0. The number of hydrogen-bond donors (Lipinski definition) is 3. The number of hydrogen-bond acceptors (Lipinski definition) is 15. The zero-order valence-corrected chi connectivity index (χ0v) is 68.2. The molecule has 0 spiro atoms. The van der Waals surface area contributed by atoms with Crippen molar-refractivity contribution in [2.75, 3.05) is 39.6 Å². The van der Waals surface area contributed by atoms with E-state index in [-0.39, 0.29) is 25.7 Å². The van der Waals surface area contributed by atoms with Gasteiger partial charge in [0.2, 0.25) is 0 Å². The van der Waals surface area contributed by atoms with E-state index >= 15 is 0 Å². The standard InChI is InChI=1S/C82H160O17P2/c1-8-9-10-11-12-42-49-56-63-79(84)92-69-77(98-81(86)66-59-52-45-38-32-26-20-23-29-35-41-48-55-62-75(6)7)71-96-100(88,89)94-67-76(83)68-95-101(90,91)97-72-78(70-93-80(85)64-57-50-43-36-30-24-19-15-17-22-28-34-40-47-54-61-74(4)5)99-82(87)65-58-51-44-37-31-25-18-14-13-16-21-27-33-39-46-53-60-73(2)3/h73-78,83H,8-72H2,1-7H3,(H,88,89)(H,90,91)/t76-,77+,78+/m0/s1. The van der Waals surface area contributed by atoms with Crippen molar-refractivity contribution in [2.24, 2.45) is 17.8 Å². The lowest BCUT2D eigenvalue weighted by Crippen LogP contribution is -2.30. The maximum atomic E-state index is 13.1. The van der Waals surface area contributed by atoms with Crippen molar-refractivity contribution in [2.45, 2.75) is 446 Å². The van der Waals surface area contributed by atoms with Gasteiger partial charge in [0.05, 0.1) is 26.4 Å². The molecule has 0 aliphatic heterocycles. The van der Waals surface area contributed by atoms with Crippen LogP contribution in [0.3, 0.4) is 0 Å². The molecule has 0 rings (SSSR count). The van der Waals surface area contributed by atoms with Crippen LogP contribution in [0.2, 0.25) is 0 Å². The lowest BCUT2D eigenvalue weighted by molar-refractivity contribution is -0.161. The quantitative estimate of drug-likeness (QED) is 0.0222. The van der Waals surface area contributed by atoms with E-state index in [1.54, 1.807) is 0 Å². The van der Waals surface area contributed by atoms with Gasteiger partial charge in [-0.2, -0.15) is 0 Å². The Morgan fingerprint density at radius 3 is 0.673 bits per heavy atom. The van der Waals surface area contributed by atoms with Crippen molar-refractivity contribution in [3.05, 3.63) is 0 Å². The molecule has 3 N–H and O–H groups in total. The summed E-state index contributed by atoms with van der Waals surface area (Å²) in [6.07, 6.45) is 61.1. The van der Waals surface area contributed by atoms with Crippen LogP contribution in [0.4, 0.5) is 0 Å². The minimum Gasteiger partial charge on any atom is -0.462 e. The molecule has 0 heterocycles. The number of ether oxygens (including phenoxy) is 4. The Morgan fingerprint density at radius 1 is 0.267 bits per heavy atom. The van der Waals surface area contributed by atoms with Gasteiger partial charge in [0.1, 0.15) is 19.3 Å². The van der Waals surface area contributed by atoms with Crippen LogP contribution in [0, 0.1) is 17.8 Å². The average Bonchev–Trinajstić information content (AvgIpc) is 1.28. The van der Waals surface area contributed by atoms with Crippen molar-refractivity contribution >= 4 is 39.5 Å². The zero-order valence-electron chi connectivity index (χ0n) is 66.4. The molecule has 0 saturated carbocycles. The first-order chi connectivity index (χ1) is 48.7. The number of aliphatic hydroxyl groups excluding tert-OH is 1. The van der Waals surface area contributed by atoms with E-state index in [2.05, 4.69) is 48.5 Å². The first kappa shape index (κ1) is 99.1. The predicted octanol–water partition coefficient (Wildman–Crippen LogP) is 24.5. The molecule has 0 aromatic rings. The molecule has 17 nitrogen and oxygen atoms in total. The van der Waals surface area contributed by atoms with Crippen LogP contribution in [-0.2, 0) is 65.4 Å². The van der Waals surface area contributed by atoms with Crippen molar-refractivity contribution < 1.29 is 80.2 Å². The molecule has 19 heteroatoms. The van der Waals surface area contributed by atoms with Crippen molar-refractivity contribution in [3.8, 4) is 0 Å². The predicted molar refractivity (Wildman–Crippen MR) is 414 cm³/mol. The van der Waals surface area contributed by atoms with Crippen LogP contribution in [0.1, 0.15) is 427 Å². The van der Waals surface area contributed by atoms with E-state index in [0.29, 0.717) is 25.7 Å². The molecular formula is C82H160O17P2. The molecule has 0 aliphatic rings. The largest absolute Gasteiger partial charge is 0.472 e. The third-order valence-electron chi connectivity index (χ3n) is 19.1. The molecular weight excluding hydrogens is 1320 g/mol.